The zero-order valence-corrected chi connectivity index (χ0v) is 16.1. The number of anilines is 2. The van der Waals surface area contributed by atoms with Gasteiger partial charge in [-0.1, -0.05) is 6.07 Å². The van der Waals surface area contributed by atoms with E-state index < -0.39 is 33.7 Å². The molecule has 0 fully saturated rings. The Morgan fingerprint density at radius 3 is 2.25 bits per heavy atom. The molecule has 1 amide bonds. The SMILES string of the molecule is COc1cccc(N([C@H](C)C(=O)Nc2ccc(C(F)(F)F)cc2)S(C)(=O)=O)c1. The minimum atomic E-state index is -4.49. The van der Waals surface area contributed by atoms with Gasteiger partial charge in [-0.15, -0.1) is 0 Å². The van der Waals surface area contributed by atoms with E-state index in [1.165, 1.54) is 26.2 Å². The number of nitrogens with zero attached hydrogens (tertiary/aromatic N) is 1. The Morgan fingerprint density at radius 2 is 1.75 bits per heavy atom. The standard InChI is InChI=1S/C18H19F3N2O4S/c1-12(17(24)22-14-9-7-13(8-10-14)18(19,20)21)23(28(3,25)26)15-5-4-6-16(11-15)27-2/h4-12H,1-3H3,(H,22,24)/t12-/m1/s1. The fraction of sp³-hybridized carbons (Fsp3) is 0.278. The second-order valence-electron chi connectivity index (χ2n) is 6.00. The molecule has 2 aromatic carbocycles. The lowest BCUT2D eigenvalue weighted by molar-refractivity contribution is -0.137. The fourth-order valence-corrected chi connectivity index (χ4v) is 3.71. The van der Waals surface area contributed by atoms with Crippen molar-refractivity contribution in [2.24, 2.45) is 0 Å². The number of halogens is 3. The summed E-state index contributed by atoms with van der Waals surface area (Å²) >= 11 is 0. The molecule has 2 aromatic rings. The molecule has 0 aromatic heterocycles. The van der Waals surface area contributed by atoms with Gasteiger partial charge in [0.05, 0.1) is 24.6 Å². The number of nitrogens with one attached hydrogen (secondary N) is 1. The van der Waals surface area contributed by atoms with Crippen LogP contribution in [0.1, 0.15) is 12.5 Å². The normalized spacial score (nSPS) is 12.9. The Labute approximate surface area is 161 Å². The Hall–Kier alpha value is -2.75. The summed E-state index contributed by atoms with van der Waals surface area (Å²) in [6.45, 7) is 1.37. The Balaban J connectivity index is 2.27. The first-order valence-electron chi connectivity index (χ1n) is 8.05. The summed E-state index contributed by atoms with van der Waals surface area (Å²) in [7, 11) is -2.42. The first-order valence-corrected chi connectivity index (χ1v) is 9.90. The molecule has 1 N–H and O–H groups in total. The van der Waals surface area contributed by atoms with Crippen molar-refractivity contribution in [3.63, 3.8) is 0 Å². The highest BCUT2D eigenvalue weighted by atomic mass is 32.2. The molecule has 28 heavy (non-hydrogen) atoms. The van der Waals surface area contributed by atoms with Crippen molar-refractivity contribution in [3.05, 3.63) is 54.1 Å². The van der Waals surface area contributed by atoms with Gasteiger partial charge in [-0.3, -0.25) is 9.10 Å². The first-order chi connectivity index (χ1) is 12.9. The lowest BCUT2D eigenvalue weighted by Gasteiger charge is -2.28. The van der Waals surface area contributed by atoms with Gasteiger partial charge in [0.2, 0.25) is 15.9 Å². The number of hydrogen-bond acceptors (Lipinski definition) is 4. The van der Waals surface area contributed by atoms with E-state index in [-0.39, 0.29) is 11.4 Å². The predicted molar refractivity (Wildman–Crippen MR) is 99.9 cm³/mol. The molecule has 0 aliphatic carbocycles. The minimum absolute atomic E-state index is 0.115. The van der Waals surface area contributed by atoms with Gasteiger partial charge in [0.25, 0.3) is 0 Å². The number of rotatable bonds is 6. The average molecular weight is 416 g/mol. The highest BCUT2D eigenvalue weighted by Crippen LogP contribution is 2.30. The molecular formula is C18H19F3N2O4S. The molecular weight excluding hydrogens is 397 g/mol. The molecule has 152 valence electrons. The molecule has 6 nitrogen and oxygen atoms in total. The van der Waals surface area contributed by atoms with E-state index in [0.717, 1.165) is 34.8 Å². The van der Waals surface area contributed by atoms with Gasteiger partial charge in [-0.25, -0.2) is 8.42 Å². The van der Waals surface area contributed by atoms with Gasteiger partial charge in [-0.05, 0) is 43.3 Å². The number of ether oxygens (including phenoxy) is 1. The molecule has 0 saturated carbocycles. The first kappa shape index (κ1) is 21.5. The van der Waals surface area contributed by atoms with Gasteiger partial charge >= 0.3 is 6.18 Å². The van der Waals surface area contributed by atoms with E-state index in [9.17, 15) is 26.4 Å². The summed E-state index contributed by atoms with van der Waals surface area (Å²) < 4.78 is 68.4. The highest BCUT2D eigenvalue weighted by Gasteiger charge is 2.31. The van der Waals surface area contributed by atoms with Crippen molar-refractivity contribution in [1.82, 2.24) is 0 Å². The van der Waals surface area contributed by atoms with Crippen LogP contribution >= 0.6 is 0 Å². The average Bonchev–Trinajstić information content (AvgIpc) is 2.60. The lowest BCUT2D eigenvalue weighted by Crippen LogP contribution is -2.45. The number of hydrogen-bond donors (Lipinski definition) is 1. The van der Waals surface area contributed by atoms with Crippen LogP contribution in [0.5, 0.6) is 5.75 Å². The maximum absolute atomic E-state index is 12.6. The molecule has 10 heteroatoms. The predicted octanol–water partition coefficient (Wildman–Crippen LogP) is 3.51. The molecule has 0 bridgehead atoms. The quantitative estimate of drug-likeness (QED) is 0.782. The van der Waals surface area contributed by atoms with Crippen LogP contribution in [0.3, 0.4) is 0 Å². The third-order valence-electron chi connectivity index (χ3n) is 3.88. The summed E-state index contributed by atoms with van der Waals surface area (Å²) in [5, 5.41) is 2.43. The number of sulfonamides is 1. The van der Waals surface area contributed by atoms with Crippen molar-refractivity contribution in [1.29, 1.82) is 0 Å². The van der Waals surface area contributed by atoms with Crippen molar-refractivity contribution < 1.29 is 31.1 Å². The molecule has 0 saturated heterocycles. The molecule has 0 unspecified atom stereocenters. The van der Waals surface area contributed by atoms with Crippen LogP contribution in [0, 0.1) is 0 Å². The second kappa shape index (κ2) is 8.09. The van der Waals surface area contributed by atoms with Crippen LogP contribution in [0.15, 0.2) is 48.5 Å². The fourth-order valence-electron chi connectivity index (χ4n) is 2.55. The number of methoxy groups -OCH3 is 1. The maximum atomic E-state index is 12.6. The Bertz CT molecular complexity index is 944. The molecule has 0 aliphatic rings. The van der Waals surface area contributed by atoms with Gasteiger partial charge in [0.1, 0.15) is 11.8 Å². The minimum Gasteiger partial charge on any atom is -0.497 e. The summed E-state index contributed by atoms with van der Waals surface area (Å²) in [6.07, 6.45) is -3.54. The number of carbonyl (C=O) groups is 1. The van der Waals surface area contributed by atoms with E-state index in [4.69, 9.17) is 4.74 Å². The smallest absolute Gasteiger partial charge is 0.416 e. The number of alkyl halides is 3. The number of benzene rings is 2. The van der Waals surface area contributed by atoms with Crippen LogP contribution in [-0.4, -0.2) is 33.7 Å². The molecule has 0 aliphatic heterocycles. The van der Waals surface area contributed by atoms with E-state index in [2.05, 4.69) is 5.32 Å². The molecule has 1 atom stereocenters. The number of carbonyl (C=O) groups excluding carboxylic acids is 1. The molecule has 0 spiro atoms. The van der Waals surface area contributed by atoms with Crippen LogP contribution in [0.4, 0.5) is 24.5 Å². The molecule has 2 rings (SSSR count). The molecule has 0 radical (unpaired) electrons. The topological polar surface area (TPSA) is 75.7 Å². The van der Waals surface area contributed by atoms with Crippen LogP contribution in [0.2, 0.25) is 0 Å². The van der Waals surface area contributed by atoms with Crippen molar-refractivity contribution in [2.45, 2.75) is 19.1 Å². The summed E-state index contributed by atoms with van der Waals surface area (Å²) in [5.74, 6) is -0.297. The van der Waals surface area contributed by atoms with Crippen LogP contribution in [-0.2, 0) is 21.0 Å². The summed E-state index contributed by atoms with van der Waals surface area (Å²) in [6, 6.07) is 8.86. The van der Waals surface area contributed by atoms with Gasteiger partial charge in [-0.2, -0.15) is 13.2 Å². The zero-order valence-electron chi connectivity index (χ0n) is 15.3. The Morgan fingerprint density at radius 1 is 1.14 bits per heavy atom. The van der Waals surface area contributed by atoms with Crippen molar-refractivity contribution >= 4 is 27.3 Å². The third-order valence-corrected chi connectivity index (χ3v) is 5.12. The Kier molecular flexibility index (Phi) is 6.23. The zero-order chi connectivity index (χ0) is 21.1. The van der Waals surface area contributed by atoms with Crippen LogP contribution in [0.25, 0.3) is 0 Å². The maximum Gasteiger partial charge on any atom is 0.416 e. The van der Waals surface area contributed by atoms with E-state index in [1.54, 1.807) is 12.1 Å². The van der Waals surface area contributed by atoms with Crippen molar-refractivity contribution in [3.8, 4) is 5.75 Å². The lowest BCUT2D eigenvalue weighted by atomic mass is 10.2. The van der Waals surface area contributed by atoms with Gasteiger partial charge in [0, 0.05) is 11.8 Å². The van der Waals surface area contributed by atoms with E-state index in [1.807, 2.05) is 0 Å². The largest absolute Gasteiger partial charge is 0.497 e. The monoisotopic (exact) mass is 416 g/mol. The molecule has 0 heterocycles. The van der Waals surface area contributed by atoms with Gasteiger partial charge in [0.15, 0.2) is 0 Å². The second-order valence-corrected chi connectivity index (χ2v) is 7.86. The van der Waals surface area contributed by atoms with E-state index >= 15 is 0 Å². The summed E-state index contributed by atoms with van der Waals surface area (Å²) in [4.78, 5) is 12.5. The summed E-state index contributed by atoms with van der Waals surface area (Å²) in [5.41, 5.74) is -0.520. The van der Waals surface area contributed by atoms with Gasteiger partial charge < -0.3 is 10.1 Å². The third kappa shape index (κ3) is 5.16. The van der Waals surface area contributed by atoms with Crippen molar-refractivity contribution in [2.75, 3.05) is 23.0 Å². The number of amides is 1. The van der Waals surface area contributed by atoms with E-state index in [0.29, 0.717) is 5.75 Å². The van der Waals surface area contributed by atoms with Crippen LogP contribution < -0.4 is 14.4 Å². The highest BCUT2D eigenvalue weighted by molar-refractivity contribution is 7.92.